The molecule has 6 heteroatoms. The number of amides is 2. The molecule has 0 bridgehead atoms. The lowest BCUT2D eigenvalue weighted by Gasteiger charge is -2.10. The van der Waals surface area contributed by atoms with Crippen molar-refractivity contribution >= 4 is 41.0 Å². The van der Waals surface area contributed by atoms with Crippen LogP contribution < -0.4 is 10.6 Å². The molecule has 2 N–H and O–H groups in total. The topological polar surface area (TPSA) is 58.2 Å². The molecular formula is C25H26N2O2S2. The van der Waals surface area contributed by atoms with Crippen molar-refractivity contribution in [3.8, 4) is 0 Å². The average Bonchev–Trinajstić information content (AvgIpc) is 2.79. The van der Waals surface area contributed by atoms with Crippen LogP contribution in [-0.4, -0.2) is 24.3 Å². The van der Waals surface area contributed by atoms with E-state index < -0.39 is 0 Å². The minimum absolute atomic E-state index is 0.115. The highest BCUT2D eigenvalue weighted by atomic mass is 32.2. The van der Waals surface area contributed by atoms with Gasteiger partial charge >= 0.3 is 0 Å². The molecule has 4 nitrogen and oxygen atoms in total. The van der Waals surface area contributed by atoms with Crippen LogP contribution in [0, 0.1) is 0 Å². The van der Waals surface area contributed by atoms with Gasteiger partial charge < -0.3 is 10.6 Å². The van der Waals surface area contributed by atoms with Crippen LogP contribution in [0.25, 0.3) is 0 Å². The van der Waals surface area contributed by atoms with Gasteiger partial charge in [-0.1, -0.05) is 36.4 Å². The molecule has 0 spiro atoms. The first-order valence-electron chi connectivity index (χ1n) is 9.93. The predicted octanol–water partition coefficient (Wildman–Crippen LogP) is 5.59. The summed E-state index contributed by atoms with van der Waals surface area (Å²) in [5.74, 6) is 1.60. The zero-order valence-electron chi connectivity index (χ0n) is 17.7. The fraction of sp³-hybridized carbons (Fsp3) is 0.200. The zero-order chi connectivity index (χ0) is 22.1. The Morgan fingerprint density at radius 1 is 0.710 bits per heavy atom. The van der Waals surface area contributed by atoms with Crippen molar-refractivity contribution in [1.29, 1.82) is 0 Å². The van der Waals surface area contributed by atoms with Gasteiger partial charge in [-0.2, -0.15) is 23.5 Å². The molecule has 0 aliphatic heterocycles. The summed E-state index contributed by atoms with van der Waals surface area (Å²) in [7, 11) is 0. The van der Waals surface area contributed by atoms with Crippen molar-refractivity contribution in [3.63, 3.8) is 0 Å². The molecule has 0 saturated carbocycles. The Morgan fingerprint density at radius 2 is 1.26 bits per heavy atom. The lowest BCUT2D eigenvalue weighted by Crippen LogP contribution is -2.22. The fourth-order valence-electron chi connectivity index (χ4n) is 3.08. The number of carbonyl (C=O) groups excluding carboxylic acids is 2. The maximum Gasteiger partial charge on any atom is 0.255 e. The third kappa shape index (κ3) is 6.91. The number of benzene rings is 3. The van der Waals surface area contributed by atoms with E-state index >= 15 is 0 Å². The van der Waals surface area contributed by atoms with Crippen molar-refractivity contribution in [3.05, 3.63) is 101 Å². The number of hydrogen-bond acceptors (Lipinski definition) is 4. The number of carbonyl (C=O) groups is 2. The lowest BCUT2D eigenvalue weighted by molar-refractivity contribution is 0.0950. The first-order valence-corrected chi connectivity index (χ1v) is 12.7. The first-order chi connectivity index (χ1) is 15.1. The molecule has 0 aliphatic rings. The van der Waals surface area contributed by atoms with Crippen LogP contribution in [0.3, 0.4) is 0 Å². The average molecular weight is 451 g/mol. The molecule has 0 saturated heterocycles. The van der Waals surface area contributed by atoms with Crippen molar-refractivity contribution < 1.29 is 9.59 Å². The zero-order valence-corrected chi connectivity index (χ0v) is 19.3. The van der Waals surface area contributed by atoms with Crippen LogP contribution >= 0.6 is 23.5 Å². The second kappa shape index (κ2) is 11.6. The molecule has 0 unspecified atom stereocenters. The molecule has 0 fully saturated rings. The fourth-order valence-corrected chi connectivity index (χ4v) is 4.14. The van der Waals surface area contributed by atoms with E-state index in [9.17, 15) is 9.59 Å². The number of hydrogen-bond donors (Lipinski definition) is 2. The second-order valence-electron chi connectivity index (χ2n) is 7.10. The molecular weight excluding hydrogens is 424 g/mol. The van der Waals surface area contributed by atoms with Crippen molar-refractivity contribution in [2.45, 2.75) is 18.1 Å². The van der Waals surface area contributed by atoms with E-state index in [-0.39, 0.29) is 11.8 Å². The van der Waals surface area contributed by atoms with E-state index in [0.29, 0.717) is 23.4 Å². The number of rotatable bonds is 9. The highest BCUT2D eigenvalue weighted by Crippen LogP contribution is 2.15. The smallest absolute Gasteiger partial charge is 0.255 e. The summed E-state index contributed by atoms with van der Waals surface area (Å²) < 4.78 is 0. The Balaban J connectivity index is 1.57. The molecule has 0 aliphatic carbocycles. The molecule has 3 aromatic rings. The largest absolute Gasteiger partial charge is 0.348 e. The Labute approximate surface area is 192 Å². The van der Waals surface area contributed by atoms with E-state index in [1.165, 1.54) is 11.1 Å². The van der Waals surface area contributed by atoms with Gasteiger partial charge in [0.05, 0.1) is 0 Å². The standard InChI is InChI=1S/C25H26N2O2S2/c1-30-16-18-6-10-21(11-7-18)24(28)26-15-20-4-3-5-23(14-20)27-25(29)22-12-8-19(9-13-22)17-31-2/h3-14H,15-17H2,1-2H3,(H,26,28)(H,27,29). The van der Waals surface area contributed by atoms with E-state index in [1.807, 2.05) is 72.8 Å². The van der Waals surface area contributed by atoms with Gasteiger partial charge in [0.1, 0.15) is 0 Å². The number of anilines is 1. The van der Waals surface area contributed by atoms with Gasteiger partial charge in [-0.25, -0.2) is 0 Å². The molecule has 0 aromatic heterocycles. The maximum atomic E-state index is 12.5. The van der Waals surface area contributed by atoms with Crippen LogP contribution in [0.4, 0.5) is 5.69 Å². The summed E-state index contributed by atoms with van der Waals surface area (Å²) in [5, 5.41) is 5.87. The normalized spacial score (nSPS) is 10.5. The van der Waals surface area contributed by atoms with Crippen LogP contribution in [-0.2, 0) is 18.1 Å². The number of nitrogens with one attached hydrogen (secondary N) is 2. The highest BCUT2D eigenvalue weighted by molar-refractivity contribution is 7.98. The van der Waals surface area contributed by atoms with E-state index in [2.05, 4.69) is 23.1 Å². The van der Waals surface area contributed by atoms with Crippen molar-refractivity contribution in [2.24, 2.45) is 0 Å². The van der Waals surface area contributed by atoms with Crippen LogP contribution in [0.5, 0.6) is 0 Å². The van der Waals surface area contributed by atoms with Crippen molar-refractivity contribution in [1.82, 2.24) is 5.32 Å². The van der Waals surface area contributed by atoms with Gasteiger partial charge in [0.15, 0.2) is 0 Å². The summed E-state index contributed by atoms with van der Waals surface area (Å²) in [6.07, 6.45) is 4.11. The minimum atomic E-state index is -0.151. The summed E-state index contributed by atoms with van der Waals surface area (Å²) >= 11 is 3.50. The molecule has 160 valence electrons. The summed E-state index contributed by atoms with van der Waals surface area (Å²) in [4.78, 5) is 25.0. The van der Waals surface area contributed by atoms with Crippen LogP contribution in [0.15, 0.2) is 72.8 Å². The Hall–Kier alpha value is -2.70. The monoisotopic (exact) mass is 450 g/mol. The lowest BCUT2D eigenvalue weighted by atomic mass is 10.1. The quantitative estimate of drug-likeness (QED) is 0.446. The van der Waals surface area contributed by atoms with Gasteiger partial charge in [0, 0.05) is 34.9 Å². The van der Waals surface area contributed by atoms with Gasteiger partial charge in [0.25, 0.3) is 11.8 Å². The predicted molar refractivity (Wildman–Crippen MR) is 133 cm³/mol. The maximum absolute atomic E-state index is 12.5. The molecule has 0 heterocycles. The van der Waals surface area contributed by atoms with Gasteiger partial charge in [-0.15, -0.1) is 0 Å². The summed E-state index contributed by atoms with van der Waals surface area (Å²) in [6.45, 7) is 0.387. The summed E-state index contributed by atoms with van der Waals surface area (Å²) in [6, 6.07) is 22.8. The Kier molecular flexibility index (Phi) is 8.62. The van der Waals surface area contributed by atoms with Crippen molar-refractivity contribution in [2.75, 3.05) is 17.8 Å². The first kappa shape index (κ1) is 23.0. The van der Waals surface area contributed by atoms with Gasteiger partial charge in [-0.3, -0.25) is 9.59 Å². The second-order valence-corrected chi connectivity index (χ2v) is 8.83. The van der Waals surface area contributed by atoms with Crippen LogP contribution in [0.2, 0.25) is 0 Å². The minimum Gasteiger partial charge on any atom is -0.348 e. The van der Waals surface area contributed by atoms with E-state index in [0.717, 1.165) is 17.1 Å². The summed E-state index contributed by atoms with van der Waals surface area (Å²) in [5.41, 5.74) is 5.27. The van der Waals surface area contributed by atoms with Gasteiger partial charge in [0.2, 0.25) is 0 Å². The van der Waals surface area contributed by atoms with Gasteiger partial charge in [-0.05, 0) is 65.6 Å². The van der Waals surface area contributed by atoms with E-state index in [4.69, 9.17) is 0 Å². The molecule has 31 heavy (non-hydrogen) atoms. The Morgan fingerprint density at radius 3 is 1.81 bits per heavy atom. The molecule has 2 amide bonds. The SMILES string of the molecule is CSCc1ccc(C(=O)NCc2cccc(NC(=O)c3ccc(CSC)cc3)c2)cc1. The van der Waals surface area contributed by atoms with E-state index in [1.54, 1.807) is 23.5 Å². The molecule has 0 atom stereocenters. The third-order valence-corrected chi connectivity index (χ3v) is 5.94. The Bertz CT molecular complexity index is 1020. The number of thioether (sulfide) groups is 2. The molecule has 3 aromatic carbocycles. The van der Waals surface area contributed by atoms with Crippen LogP contribution in [0.1, 0.15) is 37.4 Å². The molecule has 0 radical (unpaired) electrons. The highest BCUT2D eigenvalue weighted by Gasteiger charge is 2.08. The third-order valence-electron chi connectivity index (χ3n) is 4.69. The molecule has 3 rings (SSSR count).